The molecule has 1 fully saturated rings. The maximum Gasteiger partial charge on any atom is 0.253 e. The second kappa shape index (κ2) is 7.53. The molecule has 1 saturated heterocycles. The molecular formula is C17H16N4O3. The van der Waals surface area contributed by atoms with Gasteiger partial charge in [0.1, 0.15) is 11.9 Å². The molecule has 0 aliphatic carbocycles. The van der Waals surface area contributed by atoms with Crippen LogP contribution in [-0.2, 0) is 4.74 Å². The number of carbonyl (C=O) groups is 1. The fraction of sp³-hybridized carbons (Fsp3) is 0.294. The van der Waals surface area contributed by atoms with Crippen LogP contribution in [0.1, 0.15) is 22.3 Å². The largest absolute Gasteiger partial charge is 0.486 e. The highest BCUT2D eigenvalue weighted by molar-refractivity contribution is 5.93. The van der Waals surface area contributed by atoms with Crippen LogP contribution in [0.15, 0.2) is 42.7 Å². The number of nitrogens with zero attached hydrogens (tertiary/aromatic N) is 3. The summed E-state index contributed by atoms with van der Waals surface area (Å²) in [6, 6.07) is 10.3. The van der Waals surface area contributed by atoms with Gasteiger partial charge in [-0.1, -0.05) is 0 Å². The second-order valence-corrected chi connectivity index (χ2v) is 5.37. The Morgan fingerprint density at radius 1 is 1.29 bits per heavy atom. The van der Waals surface area contributed by atoms with Crippen LogP contribution in [0.3, 0.4) is 0 Å². The van der Waals surface area contributed by atoms with E-state index in [-0.39, 0.29) is 18.1 Å². The van der Waals surface area contributed by atoms with Crippen LogP contribution in [0.5, 0.6) is 5.75 Å². The Kier molecular flexibility index (Phi) is 4.99. The summed E-state index contributed by atoms with van der Waals surface area (Å²) in [7, 11) is 0. The molecule has 122 valence electrons. The lowest BCUT2D eigenvalue weighted by Gasteiger charge is -2.32. The number of amides is 1. The van der Waals surface area contributed by atoms with Crippen molar-refractivity contribution in [1.82, 2.24) is 15.5 Å². The molecule has 0 radical (unpaired) electrons. The minimum atomic E-state index is -0.301. The van der Waals surface area contributed by atoms with E-state index in [0.29, 0.717) is 36.5 Å². The molecule has 7 nitrogen and oxygen atoms in total. The number of hydrogen-bond acceptors (Lipinski definition) is 6. The summed E-state index contributed by atoms with van der Waals surface area (Å²) < 4.78 is 11.4. The number of benzene rings is 1. The van der Waals surface area contributed by atoms with E-state index in [4.69, 9.17) is 14.7 Å². The van der Waals surface area contributed by atoms with Gasteiger partial charge in [0.25, 0.3) is 5.91 Å². The zero-order valence-corrected chi connectivity index (χ0v) is 12.9. The minimum absolute atomic E-state index is 0.171. The first-order valence-electron chi connectivity index (χ1n) is 7.58. The third-order valence-corrected chi connectivity index (χ3v) is 3.74. The van der Waals surface area contributed by atoms with E-state index in [1.54, 1.807) is 30.3 Å². The van der Waals surface area contributed by atoms with Crippen LogP contribution in [0, 0.1) is 11.3 Å². The highest BCUT2D eigenvalue weighted by Gasteiger charge is 2.29. The molecule has 0 unspecified atom stereocenters. The number of nitrogens with one attached hydrogen (secondary N) is 1. The predicted octanol–water partition coefficient (Wildman–Crippen LogP) is 1.31. The summed E-state index contributed by atoms with van der Waals surface area (Å²) in [4.78, 5) is 12.3. The van der Waals surface area contributed by atoms with Gasteiger partial charge in [0.15, 0.2) is 0 Å². The van der Waals surface area contributed by atoms with Crippen molar-refractivity contribution in [2.45, 2.75) is 18.6 Å². The van der Waals surface area contributed by atoms with E-state index in [9.17, 15) is 4.79 Å². The zero-order valence-electron chi connectivity index (χ0n) is 12.9. The number of rotatable bonds is 4. The van der Waals surface area contributed by atoms with Crippen LogP contribution in [0.25, 0.3) is 0 Å². The molecule has 0 saturated carbocycles. The van der Waals surface area contributed by atoms with Gasteiger partial charge in [0.05, 0.1) is 42.2 Å². The average Bonchev–Trinajstić information content (AvgIpc) is 2.64. The number of nitriles is 1. The van der Waals surface area contributed by atoms with E-state index >= 15 is 0 Å². The summed E-state index contributed by atoms with van der Waals surface area (Å²) >= 11 is 0. The van der Waals surface area contributed by atoms with Gasteiger partial charge in [0.2, 0.25) is 0 Å². The van der Waals surface area contributed by atoms with Crippen LogP contribution < -0.4 is 10.1 Å². The van der Waals surface area contributed by atoms with Gasteiger partial charge in [-0.2, -0.15) is 15.5 Å². The van der Waals surface area contributed by atoms with Gasteiger partial charge in [0, 0.05) is 6.61 Å². The first-order chi connectivity index (χ1) is 11.8. The molecule has 0 bridgehead atoms. The van der Waals surface area contributed by atoms with Crippen molar-refractivity contribution >= 4 is 5.91 Å². The van der Waals surface area contributed by atoms with Crippen molar-refractivity contribution in [1.29, 1.82) is 5.26 Å². The lowest BCUT2D eigenvalue weighted by Crippen LogP contribution is -2.51. The van der Waals surface area contributed by atoms with Crippen molar-refractivity contribution in [3.05, 3.63) is 53.9 Å². The van der Waals surface area contributed by atoms with Crippen LogP contribution in [0.4, 0.5) is 0 Å². The third kappa shape index (κ3) is 3.86. The summed E-state index contributed by atoms with van der Waals surface area (Å²) in [6.07, 6.45) is 3.25. The molecular weight excluding hydrogens is 308 g/mol. The quantitative estimate of drug-likeness (QED) is 0.911. The lowest BCUT2D eigenvalue weighted by molar-refractivity contribution is -0.0135. The fourth-order valence-corrected chi connectivity index (χ4v) is 2.45. The number of hydrogen-bond donors (Lipinski definition) is 1. The Morgan fingerprint density at radius 3 is 2.83 bits per heavy atom. The molecule has 1 aromatic carbocycles. The Balaban J connectivity index is 1.66. The summed E-state index contributed by atoms with van der Waals surface area (Å²) in [5.41, 5.74) is 1.02. The highest BCUT2D eigenvalue weighted by Crippen LogP contribution is 2.18. The van der Waals surface area contributed by atoms with Gasteiger partial charge in [-0.05, 0) is 36.8 Å². The Hall–Kier alpha value is -2.98. The van der Waals surface area contributed by atoms with Crippen molar-refractivity contribution in [3.63, 3.8) is 0 Å². The van der Waals surface area contributed by atoms with E-state index in [0.717, 1.165) is 0 Å². The van der Waals surface area contributed by atoms with Crippen LogP contribution in [0.2, 0.25) is 0 Å². The van der Waals surface area contributed by atoms with Crippen LogP contribution >= 0.6 is 0 Å². The Morgan fingerprint density at radius 2 is 2.12 bits per heavy atom. The van der Waals surface area contributed by atoms with Crippen molar-refractivity contribution in [2.75, 3.05) is 13.2 Å². The number of aromatic nitrogens is 2. The van der Waals surface area contributed by atoms with Crippen molar-refractivity contribution < 1.29 is 14.3 Å². The molecule has 24 heavy (non-hydrogen) atoms. The summed E-state index contributed by atoms with van der Waals surface area (Å²) in [5.74, 6) is 0.416. The maximum absolute atomic E-state index is 12.3. The highest BCUT2D eigenvalue weighted by atomic mass is 16.5. The van der Waals surface area contributed by atoms with Gasteiger partial charge in [-0.25, -0.2) is 0 Å². The Labute approximate surface area is 139 Å². The van der Waals surface area contributed by atoms with E-state index in [2.05, 4.69) is 21.6 Å². The van der Waals surface area contributed by atoms with Crippen LogP contribution in [-0.4, -0.2) is 41.5 Å². The predicted molar refractivity (Wildman–Crippen MR) is 84.3 cm³/mol. The first kappa shape index (κ1) is 15.9. The molecule has 1 N–H and O–H groups in total. The molecule has 2 aromatic rings. The van der Waals surface area contributed by atoms with Gasteiger partial charge in [-0.15, -0.1) is 0 Å². The summed E-state index contributed by atoms with van der Waals surface area (Å²) in [6.45, 7) is 0.951. The molecule has 1 amide bonds. The second-order valence-electron chi connectivity index (χ2n) is 5.37. The lowest BCUT2D eigenvalue weighted by atomic mass is 10.1. The molecule has 3 rings (SSSR count). The maximum atomic E-state index is 12.3. The fourth-order valence-electron chi connectivity index (χ4n) is 2.45. The molecule has 1 aliphatic heterocycles. The molecule has 2 heterocycles. The van der Waals surface area contributed by atoms with Gasteiger partial charge < -0.3 is 14.8 Å². The van der Waals surface area contributed by atoms with Gasteiger partial charge >= 0.3 is 0 Å². The monoisotopic (exact) mass is 324 g/mol. The molecule has 7 heteroatoms. The standard InChI is InChI=1S/C17H16N4O3/c18-9-12-1-3-14(4-2-12)24-16-11-23-8-6-15(16)21-17(22)13-5-7-19-20-10-13/h1-5,7,10,15-16H,6,8,11H2,(H,21,22)/t15-,16-/m1/s1. The smallest absolute Gasteiger partial charge is 0.253 e. The molecule has 0 spiro atoms. The van der Waals surface area contributed by atoms with Crippen molar-refractivity contribution in [3.8, 4) is 11.8 Å². The normalized spacial score (nSPS) is 20.0. The molecule has 2 atom stereocenters. The topological polar surface area (TPSA) is 97.1 Å². The number of carbonyl (C=O) groups excluding carboxylic acids is 1. The zero-order chi connectivity index (χ0) is 16.8. The minimum Gasteiger partial charge on any atom is -0.486 e. The Bertz CT molecular complexity index is 728. The van der Waals surface area contributed by atoms with Gasteiger partial charge in [-0.3, -0.25) is 4.79 Å². The summed E-state index contributed by atoms with van der Waals surface area (Å²) in [5, 5.41) is 19.2. The SMILES string of the molecule is N#Cc1ccc(O[C@@H]2COCC[C@H]2NC(=O)c2ccnnc2)cc1. The van der Waals surface area contributed by atoms with Crippen molar-refractivity contribution in [2.24, 2.45) is 0 Å². The van der Waals surface area contributed by atoms with E-state index in [1.165, 1.54) is 12.4 Å². The number of ether oxygens (including phenoxy) is 2. The molecule has 1 aromatic heterocycles. The molecule has 1 aliphatic rings. The average molecular weight is 324 g/mol. The van der Waals surface area contributed by atoms with E-state index < -0.39 is 0 Å². The first-order valence-corrected chi connectivity index (χ1v) is 7.58. The van der Waals surface area contributed by atoms with E-state index in [1.807, 2.05) is 0 Å². The third-order valence-electron chi connectivity index (χ3n) is 3.74.